The smallest absolute Gasteiger partial charge is 0.152 e. The zero-order valence-corrected chi connectivity index (χ0v) is 16.7. The lowest BCUT2D eigenvalue weighted by atomic mass is 9.91. The molecule has 2 aromatic rings. The summed E-state index contributed by atoms with van der Waals surface area (Å²) in [6.07, 6.45) is 10.1. The van der Waals surface area contributed by atoms with Crippen LogP contribution >= 0.6 is 0 Å². The van der Waals surface area contributed by atoms with Crippen LogP contribution in [0, 0.1) is 5.82 Å². The Morgan fingerprint density at radius 1 is 1.36 bits per heavy atom. The molecule has 0 aliphatic heterocycles. The van der Waals surface area contributed by atoms with Gasteiger partial charge in [-0.05, 0) is 50.5 Å². The van der Waals surface area contributed by atoms with Crippen molar-refractivity contribution in [1.29, 1.82) is 0 Å². The Hall–Kier alpha value is -3.19. The predicted molar refractivity (Wildman–Crippen MR) is 113 cm³/mol. The molecule has 148 valence electrons. The quantitative estimate of drug-likeness (QED) is 0.223. The number of aromatic nitrogens is 2. The molecule has 0 saturated carbocycles. The van der Waals surface area contributed by atoms with E-state index in [0.29, 0.717) is 11.1 Å². The third-order valence-electron chi connectivity index (χ3n) is 4.53. The maximum atomic E-state index is 15.0. The summed E-state index contributed by atoms with van der Waals surface area (Å²) >= 11 is 0. The lowest BCUT2D eigenvalue weighted by Gasteiger charge is -2.16. The topological polar surface area (TPSA) is 94.2 Å². The van der Waals surface area contributed by atoms with Crippen molar-refractivity contribution in [1.82, 2.24) is 15.1 Å². The van der Waals surface area contributed by atoms with Crippen LogP contribution in [-0.2, 0) is 0 Å². The van der Waals surface area contributed by atoms with E-state index in [9.17, 15) is 4.39 Å². The maximum Gasteiger partial charge on any atom is 0.152 e. The second kappa shape index (κ2) is 9.66. The minimum absolute atomic E-state index is 0.120. The van der Waals surface area contributed by atoms with Crippen LogP contribution in [0.4, 0.5) is 4.39 Å². The molecule has 0 saturated heterocycles. The molecule has 0 unspecified atom stereocenters. The van der Waals surface area contributed by atoms with Crippen LogP contribution in [0.5, 0.6) is 0 Å². The van der Waals surface area contributed by atoms with Gasteiger partial charge < -0.3 is 10.3 Å². The monoisotopic (exact) mass is 382 g/mol. The van der Waals surface area contributed by atoms with Crippen LogP contribution in [0.25, 0.3) is 11.3 Å². The second-order valence-corrected chi connectivity index (χ2v) is 6.34. The van der Waals surface area contributed by atoms with Gasteiger partial charge in [-0.3, -0.25) is 0 Å². The molecule has 1 aromatic carbocycles. The Kier molecular flexibility index (Phi) is 7.28. The highest BCUT2D eigenvalue weighted by Gasteiger charge is 2.15. The van der Waals surface area contributed by atoms with Crippen LogP contribution in [0.3, 0.4) is 0 Å². The highest BCUT2D eigenvalue weighted by atomic mass is 19.1. The fourth-order valence-electron chi connectivity index (χ4n) is 2.98. The molecule has 0 aliphatic rings. The average Bonchev–Trinajstić information content (AvgIpc) is 3.22. The van der Waals surface area contributed by atoms with E-state index in [1.54, 1.807) is 24.7 Å². The minimum Gasteiger partial charge on any atom is -0.382 e. The van der Waals surface area contributed by atoms with E-state index in [1.807, 2.05) is 43.7 Å². The number of hydrazine groups is 1. The molecule has 0 aliphatic carbocycles. The normalized spacial score (nSPS) is 14.1. The van der Waals surface area contributed by atoms with Crippen molar-refractivity contribution in [2.45, 2.75) is 34.1 Å². The van der Waals surface area contributed by atoms with E-state index in [-0.39, 0.29) is 11.7 Å². The summed E-state index contributed by atoms with van der Waals surface area (Å²) in [5, 5.41) is 3.69. The van der Waals surface area contributed by atoms with Gasteiger partial charge in [0.05, 0.1) is 6.33 Å². The first-order chi connectivity index (χ1) is 13.4. The highest BCUT2D eigenvalue weighted by Crippen LogP contribution is 2.31. The third kappa shape index (κ3) is 4.75. The number of rotatable bonds is 7. The zero-order chi connectivity index (χ0) is 20.7. The van der Waals surface area contributed by atoms with Gasteiger partial charge in [-0.1, -0.05) is 30.7 Å². The van der Waals surface area contributed by atoms with Crippen LogP contribution in [-0.4, -0.2) is 15.4 Å². The molecule has 0 radical (unpaired) electrons. The van der Waals surface area contributed by atoms with Crippen molar-refractivity contribution in [3.05, 3.63) is 77.2 Å². The van der Waals surface area contributed by atoms with Gasteiger partial charge in [-0.15, -0.1) is 5.10 Å². The van der Waals surface area contributed by atoms with E-state index in [4.69, 9.17) is 11.6 Å². The Labute approximate surface area is 165 Å². The second-order valence-electron chi connectivity index (χ2n) is 6.34. The maximum absolute atomic E-state index is 15.0. The standard InChI is InChI=1S/C21H27FN6/c1-5-14(3)20(15(4)11-17(6-2)28-10-9-25-13-28)18-8-7-16(12-19(18)22)21(23)26-27-24/h6-13,27H,5,24H2,1-4H3,(H2,23,26)/b15-11-,17-6+,20-14?. The van der Waals surface area contributed by atoms with Crippen LogP contribution in [0.1, 0.15) is 45.2 Å². The fraction of sp³-hybridized carbons (Fsp3) is 0.238. The molecular formula is C21H27FN6. The molecule has 2 rings (SSSR count). The summed E-state index contributed by atoms with van der Waals surface area (Å²) in [4.78, 5) is 4.09. The van der Waals surface area contributed by atoms with E-state index >= 15 is 0 Å². The van der Waals surface area contributed by atoms with E-state index < -0.39 is 0 Å². The van der Waals surface area contributed by atoms with Crippen LogP contribution < -0.4 is 17.1 Å². The number of hydrogen-bond donors (Lipinski definition) is 3. The molecular weight excluding hydrogens is 355 g/mol. The fourth-order valence-corrected chi connectivity index (χ4v) is 2.98. The molecule has 7 heteroatoms. The average molecular weight is 382 g/mol. The minimum atomic E-state index is -0.368. The first kappa shape index (κ1) is 21.1. The van der Waals surface area contributed by atoms with Crippen molar-refractivity contribution in [3.8, 4) is 0 Å². The van der Waals surface area contributed by atoms with Gasteiger partial charge >= 0.3 is 0 Å². The predicted octanol–water partition coefficient (Wildman–Crippen LogP) is 3.80. The lowest BCUT2D eigenvalue weighted by molar-refractivity contribution is 0.623. The molecule has 0 fully saturated rings. The Morgan fingerprint density at radius 2 is 2.11 bits per heavy atom. The number of imidazole rings is 1. The highest BCUT2D eigenvalue weighted by molar-refractivity contribution is 5.98. The molecule has 5 N–H and O–H groups in total. The molecule has 0 atom stereocenters. The number of amidine groups is 1. The SMILES string of the molecule is C/C=C(\C=C(\C)C(=C(C)CC)c1ccc(/C(N)=N/NN)cc1F)n1ccnc1. The molecule has 1 aromatic heterocycles. The van der Waals surface area contributed by atoms with Crippen molar-refractivity contribution in [3.63, 3.8) is 0 Å². The van der Waals surface area contributed by atoms with Gasteiger partial charge in [0, 0.05) is 29.2 Å². The van der Waals surface area contributed by atoms with Gasteiger partial charge in [0.1, 0.15) is 5.82 Å². The number of benzene rings is 1. The van der Waals surface area contributed by atoms with E-state index in [1.165, 1.54) is 6.07 Å². The number of nitrogens with one attached hydrogen (secondary N) is 1. The molecule has 0 amide bonds. The summed E-state index contributed by atoms with van der Waals surface area (Å²) in [6.45, 7) is 8.01. The van der Waals surface area contributed by atoms with Gasteiger partial charge in [0.15, 0.2) is 5.84 Å². The molecule has 6 nitrogen and oxygen atoms in total. The van der Waals surface area contributed by atoms with Crippen molar-refractivity contribution in [2.75, 3.05) is 0 Å². The van der Waals surface area contributed by atoms with Crippen molar-refractivity contribution >= 4 is 17.1 Å². The number of allylic oxidation sites excluding steroid dienone is 6. The van der Waals surface area contributed by atoms with Gasteiger partial charge in [-0.25, -0.2) is 20.8 Å². The van der Waals surface area contributed by atoms with Crippen molar-refractivity contribution < 1.29 is 4.39 Å². The number of nitrogens with two attached hydrogens (primary N) is 2. The first-order valence-corrected chi connectivity index (χ1v) is 9.05. The Morgan fingerprint density at radius 3 is 2.64 bits per heavy atom. The van der Waals surface area contributed by atoms with Crippen LogP contribution in [0.15, 0.2) is 65.3 Å². The summed E-state index contributed by atoms with van der Waals surface area (Å²) in [7, 11) is 0. The van der Waals surface area contributed by atoms with E-state index in [2.05, 4.69) is 22.5 Å². The van der Waals surface area contributed by atoms with Gasteiger partial charge in [-0.2, -0.15) is 0 Å². The molecule has 1 heterocycles. The summed E-state index contributed by atoms with van der Waals surface area (Å²) in [5.41, 5.74) is 12.8. The number of halogens is 1. The van der Waals surface area contributed by atoms with Crippen LogP contribution in [0.2, 0.25) is 0 Å². The van der Waals surface area contributed by atoms with Crippen molar-refractivity contribution in [2.24, 2.45) is 16.7 Å². The van der Waals surface area contributed by atoms with E-state index in [0.717, 1.165) is 28.8 Å². The molecule has 28 heavy (non-hydrogen) atoms. The summed E-state index contributed by atoms with van der Waals surface area (Å²) in [6, 6.07) is 4.83. The Bertz CT molecular complexity index is 936. The number of nitrogens with zero attached hydrogens (tertiary/aromatic N) is 3. The third-order valence-corrected chi connectivity index (χ3v) is 4.53. The molecule has 0 bridgehead atoms. The van der Waals surface area contributed by atoms with Gasteiger partial charge in [0.25, 0.3) is 0 Å². The summed E-state index contributed by atoms with van der Waals surface area (Å²) in [5.74, 6) is 4.89. The largest absolute Gasteiger partial charge is 0.382 e. The number of hydrogen-bond acceptors (Lipinski definition) is 4. The summed E-state index contributed by atoms with van der Waals surface area (Å²) < 4.78 is 16.9. The first-order valence-electron chi connectivity index (χ1n) is 9.05. The van der Waals surface area contributed by atoms with Gasteiger partial charge in [0.2, 0.25) is 0 Å². The Balaban J connectivity index is 2.54. The lowest BCUT2D eigenvalue weighted by Crippen LogP contribution is -2.23. The zero-order valence-electron chi connectivity index (χ0n) is 16.7. The number of hydrazone groups is 1. The molecule has 0 spiro atoms.